The Morgan fingerprint density at radius 1 is 1.27 bits per heavy atom. The van der Waals surface area contributed by atoms with Gasteiger partial charge in [0.15, 0.2) is 0 Å². The zero-order chi connectivity index (χ0) is 17.0. The van der Waals surface area contributed by atoms with Crippen LogP contribution in [0.3, 0.4) is 0 Å². The Morgan fingerprint density at radius 2 is 1.91 bits per heavy atom. The van der Waals surface area contributed by atoms with Crippen LogP contribution in [-0.2, 0) is 23.9 Å². The zero-order valence-electron chi connectivity index (χ0n) is 13.0. The lowest BCUT2D eigenvalue weighted by Crippen LogP contribution is -2.08. The number of esters is 2. The Morgan fingerprint density at radius 3 is 2.27 bits per heavy atom. The van der Waals surface area contributed by atoms with E-state index in [1.54, 1.807) is 0 Å². The molecule has 0 aromatic heterocycles. The van der Waals surface area contributed by atoms with Crippen LogP contribution in [0.25, 0.3) is 0 Å². The predicted molar refractivity (Wildman–Crippen MR) is 80.9 cm³/mol. The second-order valence-electron chi connectivity index (χ2n) is 4.45. The number of carboxylic acids is 1. The highest BCUT2D eigenvalue weighted by Gasteiger charge is 2.22. The molecule has 0 atom stereocenters. The van der Waals surface area contributed by atoms with Crippen LogP contribution in [0.5, 0.6) is 0 Å². The second kappa shape index (κ2) is 11.3. The first-order valence-corrected chi connectivity index (χ1v) is 7.00. The fourth-order valence-corrected chi connectivity index (χ4v) is 1.32. The van der Waals surface area contributed by atoms with E-state index in [1.807, 2.05) is 6.92 Å². The van der Waals surface area contributed by atoms with Gasteiger partial charge in [0, 0.05) is 13.0 Å². The van der Waals surface area contributed by atoms with Gasteiger partial charge >= 0.3 is 17.9 Å². The largest absolute Gasteiger partial charge is 0.478 e. The van der Waals surface area contributed by atoms with E-state index in [-0.39, 0.29) is 5.97 Å². The molecule has 0 amide bonds. The minimum atomic E-state index is -1.06. The second-order valence-corrected chi connectivity index (χ2v) is 4.45. The summed E-state index contributed by atoms with van der Waals surface area (Å²) in [5, 5.41) is 8.50. The summed E-state index contributed by atoms with van der Waals surface area (Å²) < 4.78 is 9.20. The zero-order valence-corrected chi connectivity index (χ0v) is 13.0. The highest BCUT2D eigenvalue weighted by atomic mass is 16.5. The normalized spacial score (nSPS) is 12.0. The van der Waals surface area contributed by atoms with Gasteiger partial charge in [-0.2, -0.15) is 0 Å². The van der Waals surface area contributed by atoms with E-state index < -0.39 is 11.9 Å². The first-order valence-electron chi connectivity index (χ1n) is 7.00. The van der Waals surface area contributed by atoms with Crippen molar-refractivity contribution in [3.8, 4) is 0 Å². The molecular weight excluding hydrogens is 288 g/mol. The first-order chi connectivity index (χ1) is 10.4. The van der Waals surface area contributed by atoms with Crippen molar-refractivity contribution in [3.63, 3.8) is 0 Å². The molecule has 1 aliphatic carbocycles. The van der Waals surface area contributed by atoms with Gasteiger partial charge in [-0.1, -0.05) is 25.5 Å². The lowest BCUT2D eigenvalue weighted by atomic mass is 10.2. The van der Waals surface area contributed by atoms with Crippen molar-refractivity contribution >= 4 is 17.9 Å². The molecule has 0 saturated heterocycles. The number of carboxylic acid groups (broad SMARTS) is 1. The van der Waals surface area contributed by atoms with Crippen molar-refractivity contribution in [2.24, 2.45) is 0 Å². The van der Waals surface area contributed by atoms with E-state index in [0.29, 0.717) is 12.2 Å². The molecule has 0 heterocycles. The summed E-state index contributed by atoms with van der Waals surface area (Å²) in [5.74, 6) is -1.79. The Kier molecular flexibility index (Phi) is 10.1. The smallest absolute Gasteiger partial charge is 0.338 e. The summed E-state index contributed by atoms with van der Waals surface area (Å²) in [6.45, 7) is 6.89. The van der Waals surface area contributed by atoms with Gasteiger partial charge in [-0.25, -0.2) is 9.59 Å². The summed E-state index contributed by atoms with van der Waals surface area (Å²) >= 11 is 0. The molecule has 0 spiro atoms. The molecule has 1 aliphatic rings. The van der Waals surface area contributed by atoms with E-state index in [4.69, 9.17) is 9.84 Å². The van der Waals surface area contributed by atoms with Crippen LogP contribution < -0.4 is 0 Å². The van der Waals surface area contributed by atoms with Gasteiger partial charge in [-0.15, -0.1) is 0 Å². The van der Waals surface area contributed by atoms with Crippen molar-refractivity contribution in [2.75, 3.05) is 6.61 Å². The Bertz CT molecular complexity index is 467. The minimum Gasteiger partial charge on any atom is -0.478 e. The van der Waals surface area contributed by atoms with Gasteiger partial charge in [0.2, 0.25) is 0 Å². The van der Waals surface area contributed by atoms with Gasteiger partial charge in [0.25, 0.3) is 0 Å². The molecule has 1 saturated carbocycles. The van der Waals surface area contributed by atoms with Crippen LogP contribution in [0, 0.1) is 0 Å². The Balaban J connectivity index is 0.000000626. The van der Waals surface area contributed by atoms with E-state index >= 15 is 0 Å². The van der Waals surface area contributed by atoms with Crippen LogP contribution in [0.4, 0.5) is 0 Å². The van der Waals surface area contributed by atoms with Crippen molar-refractivity contribution in [2.45, 2.75) is 39.5 Å². The number of allylic oxidation sites excluding steroid dienone is 1. The predicted octanol–water partition coefficient (Wildman–Crippen LogP) is 2.75. The maximum Gasteiger partial charge on any atom is 0.338 e. The number of rotatable bonds is 7. The third kappa shape index (κ3) is 10.4. The standard InChI is InChI=1S/C12H16O4.C4H6O2/c1-2-3-8-16-12(15)10(9-4-5-9)6-7-11(13)14;1-3-6-4(2)5/h6-7H,2-5,8H2,1H3,(H,13,14);3H,1H2,2H3. The molecule has 6 nitrogen and oxygen atoms in total. The van der Waals surface area contributed by atoms with E-state index in [1.165, 1.54) is 13.0 Å². The quantitative estimate of drug-likeness (QED) is 0.336. The minimum absolute atomic E-state index is 0.329. The lowest BCUT2D eigenvalue weighted by Gasteiger charge is -2.03. The number of ether oxygens (including phenoxy) is 2. The fraction of sp³-hybridized carbons (Fsp3) is 0.438. The van der Waals surface area contributed by atoms with Crippen LogP contribution in [0.15, 0.2) is 36.1 Å². The van der Waals surface area contributed by atoms with Crippen LogP contribution >= 0.6 is 0 Å². The third-order valence-corrected chi connectivity index (χ3v) is 2.47. The summed E-state index contributed by atoms with van der Waals surface area (Å²) in [5.41, 5.74) is 1.40. The monoisotopic (exact) mass is 310 g/mol. The van der Waals surface area contributed by atoms with Crippen molar-refractivity contribution in [3.05, 3.63) is 36.1 Å². The van der Waals surface area contributed by atoms with Crippen molar-refractivity contribution in [1.82, 2.24) is 0 Å². The van der Waals surface area contributed by atoms with Gasteiger partial charge in [-0.05, 0) is 25.3 Å². The molecule has 0 aliphatic heterocycles. The maximum absolute atomic E-state index is 11.6. The van der Waals surface area contributed by atoms with E-state index in [0.717, 1.165) is 43.6 Å². The molecule has 0 bridgehead atoms. The summed E-state index contributed by atoms with van der Waals surface area (Å²) in [6, 6.07) is 0. The Hall–Kier alpha value is -2.37. The SMILES string of the molecule is C=COC(C)=O.CCCCOC(=O)C(C=CC(=O)O)=C1CC1. The lowest BCUT2D eigenvalue weighted by molar-refractivity contribution is -0.139. The number of unbranched alkanes of at least 4 members (excludes halogenated alkanes) is 1. The van der Waals surface area contributed by atoms with Crippen LogP contribution in [0.2, 0.25) is 0 Å². The molecule has 1 rings (SSSR count). The average Bonchev–Trinajstić information content (AvgIpc) is 3.24. The van der Waals surface area contributed by atoms with Crippen molar-refractivity contribution < 1.29 is 29.0 Å². The molecular formula is C16H22O6. The molecule has 0 aromatic carbocycles. The molecule has 122 valence electrons. The number of hydrogen-bond acceptors (Lipinski definition) is 5. The number of hydrogen-bond donors (Lipinski definition) is 1. The fourth-order valence-electron chi connectivity index (χ4n) is 1.32. The molecule has 0 unspecified atom stereocenters. The summed E-state index contributed by atoms with van der Waals surface area (Å²) in [7, 11) is 0. The number of carbonyl (C=O) groups is 3. The number of carbonyl (C=O) groups excluding carboxylic acids is 2. The van der Waals surface area contributed by atoms with Gasteiger partial charge in [-0.3, -0.25) is 4.79 Å². The van der Waals surface area contributed by atoms with Crippen LogP contribution in [-0.4, -0.2) is 29.6 Å². The molecule has 1 N–H and O–H groups in total. The molecule has 22 heavy (non-hydrogen) atoms. The Labute approximate surface area is 130 Å². The van der Waals surface area contributed by atoms with Gasteiger partial charge in [0.1, 0.15) is 0 Å². The molecule has 1 fully saturated rings. The highest BCUT2D eigenvalue weighted by Crippen LogP contribution is 2.32. The highest BCUT2D eigenvalue weighted by molar-refractivity contribution is 5.95. The topological polar surface area (TPSA) is 89.9 Å². The summed E-state index contributed by atoms with van der Waals surface area (Å²) in [4.78, 5) is 31.7. The molecule has 0 aromatic rings. The van der Waals surface area contributed by atoms with E-state index in [2.05, 4.69) is 11.3 Å². The maximum atomic E-state index is 11.6. The van der Waals surface area contributed by atoms with Crippen LogP contribution in [0.1, 0.15) is 39.5 Å². The molecule has 0 radical (unpaired) electrons. The third-order valence-electron chi connectivity index (χ3n) is 2.47. The molecule has 6 heteroatoms. The van der Waals surface area contributed by atoms with E-state index in [9.17, 15) is 14.4 Å². The van der Waals surface area contributed by atoms with Gasteiger partial charge < -0.3 is 14.6 Å². The average molecular weight is 310 g/mol. The summed E-state index contributed by atoms with van der Waals surface area (Å²) in [6.07, 6.45) is 6.93. The van der Waals surface area contributed by atoms with Gasteiger partial charge in [0.05, 0.1) is 18.4 Å². The number of aliphatic carboxylic acids is 1. The first kappa shape index (κ1) is 19.6. The van der Waals surface area contributed by atoms with Crippen molar-refractivity contribution in [1.29, 1.82) is 0 Å².